The van der Waals surface area contributed by atoms with Gasteiger partial charge in [-0.25, -0.2) is 0 Å². The van der Waals surface area contributed by atoms with E-state index in [1.54, 1.807) is 11.8 Å². The van der Waals surface area contributed by atoms with Gasteiger partial charge in [0.25, 0.3) is 0 Å². The molecule has 0 fully saturated rings. The Balaban J connectivity index is 2.13. The van der Waals surface area contributed by atoms with E-state index in [9.17, 15) is 0 Å². The van der Waals surface area contributed by atoms with Gasteiger partial charge in [0.1, 0.15) is 0 Å². The van der Waals surface area contributed by atoms with Gasteiger partial charge in [0.15, 0.2) is 16.7 Å². The fourth-order valence-corrected chi connectivity index (χ4v) is 3.15. The molecule has 116 valence electrons. The molecule has 0 aliphatic carbocycles. The highest BCUT2D eigenvalue weighted by molar-refractivity contribution is 8.14. The Morgan fingerprint density at radius 3 is 2.57 bits per heavy atom. The third kappa shape index (κ3) is 4.30. The fourth-order valence-electron chi connectivity index (χ4n) is 2.02. The Morgan fingerprint density at radius 1 is 1.19 bits per heavy atom. The lowest BCUT2D eigenvalue weighted by atomic mass is 10.1. The van der Waals surface area contributed by atoms with E-state index >= 15 is 0 Å². The van der Waals surface area contributed by atoms with E-state index in [4.69, 9.17) is 9.47 Å². The van der Waals surface area contributed by atoms with Crippen molar-refractivity contribution in [3.63, 3.8) is 0 Å². The van der Waals surface area contributed by atoms with Crippen LogP contribution >= 0.6 is 11.8 Å². The SMILES string of the molecule is CCOc1ccc(NC2=NC(C)C(C)CS2)cc1OCC. The van der Waals surface area contributed by atoms with Crippen LogP contribution in [0.2, 0.25) is 0 Å². The second-order valence-electron chi connectivity index (χ2n) is 5.12. The van der Waals surface area contributed by atoms with Crippen molar-refractivity contribution in [3.8, 4) is 11.5 Å². The zero-order chi connectivity index (χ0) is 15.2. The summed E-state index contributed by atoms with van der Waals surface area (Å²) < 4.78 is 11.2. The minimum atomic E-state index is 0.364. The van der Waals surface area contributed by atoms with Gasteiger partial charge < -0.3 is 14.8 Å². The zero-order valence-corrected chi connectivity index (χ0v) is 14.0. The molecule has 21 heavy (non-hydrogen) atoms. The van der Waals surface area contributed by atoms with E-state index < -0.39 is 0 Å². The van der Waals surface area contributed by atoms with Crippen molar-refractivity contribution in [3.05, 3.63) is 18.2 Å². The summed E-state index contributed by atoms with van der Waals surface area (Å²) in [6, 6.07) is 6.28. The monoisotopic (exact) mass is 308 g/mol. The molecule has 2 atom stereocenters. The summed E-state index contributed by atoms with van der Waals surface area (Å²) in [5.74, 6) is 3.28. The summed E-state index contributed by atoms with van der Waals surface area (Å²) in [7, 11) is 0. The molecular formula is C16H24N2O2S. The molecule has 0 radical (unpaired) electrons. The number of amidine groups is 1. The lowest BCUT2D eigenvalue weighted by molar-refractivity contribution is 0.288. The normalized spacial score (nSPS) is 21.6. The second-order valence-corrected chi connectivity index (χ2v) is 6.12. The molecule has 0 saturated heterocycles. The standard InChI is InChI=1S/C16H24N2O2S/c1-5-19-14-8-7-13(9-15(14)20-6-2)18-16-17-12(4)11(3)10-21-16/h7-9,11-12H,5-6,10H2,1-4H3,(H,17,18). The predicted octanol–water partition coefficient (Wildman–Crippen LogP) is 4.02. The van der Waals surface area contributed by atoms with E-state index in [1.165, 1.54) is 0 Å². The number of nitrogens with one attached hydrogen (secondary N) is 1. The Kier molecular flexibility index (Phi) is 5.79. The van der Waals surface area contributed by atoms with Crippen LogP contribution in [-0.4, -0.2) is 30.2 Å². The molecule has 5 heteroatoms. The third-order valence-electron chi connectivity index (χ3n) is 3.42. The van der Waals surface area contributed by atoms with Crippen LogP contribution in [0.4, 0.5) is 5.69 Å². The summed E-state index contributed by atoms with van der Waals surface area (Å²) in [4.78, 5) is 4.69. The van der Waals surface area contributed by atoms with Crippen molar-refractivity contribution >= 4 is 22.6 Å². The quantitative estimate of drug-likeness (QED) is 0.892. The number of hydrogen-bond donors (Lipinski definition) is 1. The smallest absolute Gasteiger partial charge is 0.163 e. The Morgan fingerprint density at radius 2 is 1.90 bits per heavy atom. The van der Waals surface area contributed by atoms with Gasteiger partial charge in [0.05, 0.1) is 19.3 Å². The first-order valence-corrected chi connectivity index (χ1v) is 8.49. The lowest BCUT2D eigenvalue weighted by Crippen LogP contribution is -2.25. The zero-order valence-electron chi connectivity index (χ0n) is 13.2. The highest BCUT2D eigenvalue weighted by atomic mass is 32.2. The van der Waals surface area contributed by atoms with Crippen LogP contribution in [0.15, 0.2) is 23.2 Å². The van der Waals surface area contributed by atoms with E-state index in [0.29, 0.717) is 25.2 Å². The molecule has 1 aromatic rings. The first kappa shape index (κ1) is 16.0. The minimum Gasteiger partial charge on any atom is -0.490 e. The van der Waals surface area contributed by atoms with E-state index in [2.05, 4.69) is 24.2 Å². The molecule has 4 nitrogen and oxygen atoms in total. The van der Waals surface area contributed by atoms with Crippen molar-refractivity contribution in [1.29, 1.82) is 0 Å². The Hall–Kier alpha value is -1.36. The molecule has 0 spiro atoms. The van der Waals surface area contributed by atoms with Gasteiger partial charge in [0.2, 0.25) is 0 Å². The average Bonchev–Trinajstić information content (AvgIpc) is 2.46. The summed E-state index contributed by atoms with van der Waals surface area (Å²) in [6.45, 7) is 9.59. The van der Waals surface area contributed by atoms with Gasteiger partial charge in [0, 0.05) is 17.5 Å². The number of anilines is 1. The number of ether oxygens (including phenoxy) is 2. The summed E-state index contributed by atoms with van der Waals surface area (Å²) in [5, 5.41) is 4.36. The minimum absolute atomic E-state index is 0.364. The molecule has 2 unspecified atom stereocenters. The molecule has 0 saturated carbocycles. The molecule has 1 aromatic carbocycles. The summed E-state index contributed by atoms with van der Waals surface area (Å²) in [5.41, 5.74) is 0.981. The first-order chi connectivity index (χ1) is 10.1. The van der Waals surface area contributed by atoms with E-state index in [1.807, 2.05) is 32.0 Å². The number of hydrogen-bond acceptors (Lipinski definition) is 5. The molecule has 0 amide bonds. The number of rotatable bonds is 5. The van der Waals surface area contributed by atoms with Crippen LogP contribution < -0.4 is 14.8 Å². The van der Waals surface area contributed by atoms with Crippen LogP contribution in [0.1, 0.15) is 27.7 Å². The first-order valence-electron chi connectivity index (χ1n) is 7.51. The van der Waals surface area contributed by atoms with Gasteiger partial charge in [-0.3, -0.25) is 4.99 Å². The highest BCUT2D eigenvalue weighted by Crippen LogP contribution is 2.32. The van der Waals surface area contributed by atoms with Crippen molar-refractivity contribution in [1.82, 2.24) is 0 Å². The maximum absolute atomic E-state index is 5.65. The average molecular weight is 308 g/mol. The maximum atomic E-state index is 5.65. The lowest BCUT2D eigenvalue weighted by Gasteiger charge is -2.24. The van der Waals surface area contributed by atoms with Crippen molar-refractivity contribution in [2.75, 3.05) is 24.3 Å². The molecule has 1 aliphatic rings. The van der Waals surface area contributed by atoms with Crippen molar-refractivity contribution in [2.24, 2.45) is 10.9 Å². The second kappa shape index (κ2) is 7.59. The third-order valence-corrected chi connectivity index (χ3v) is 4.60. The van der Waals surface area contributed by atoms with Gasteiger partial charge in [-0.05, 0) is 38.8 Å². The molecule has 2 rings (SSSR count). The van der Waals surface area contributed by atoms with Crippen molar-refractivity contribution < 1.29 is 9.47 Å². The van der Waals surface area contributed by atoms with Crippen molar-refractivity contribution in [2.45, 2.75) is 33.7 Å². The van der Waals surface area contributed by atoms with Crippen LogP contribution in [0.25, 0.3) is 0 Å². The van der Waals surface area contributed by atoms with Crippen LogP contribution in [0.3, 0.4) is 0 Å². The molecule has 1 aliphatic heterocycles. The summed E-state index contributed by atoms with van der Waals surface area (Å²) >= 11 is 1.77. The highest BCUT2D eigenvalue weighted by Gasteiger charge is 2.19. The predicted molar refractivity (Wildman–Crippen MR) is 90.9 cm³/mol. The van der Waals surface area contributed by atoms with Crippen LogP contribution in [-0.2, 0) is 0 Å². The topological polar surface area (TPSA) is 42.8 Å². The van der Waals surface area contributed by atoms with Gasteiger partial charge >= 0.3 is 0 Å². The summed E-state index contributed by atoms with van der Waals surface area (Å²) in [6.07, 6.45) is 0. The number of benzene rings is 1. The Bertz CT molecular complexity index is 505. The van der Waals surface area contributed by atoms with Gasteiger partial charge in [-0.15, -0.1) is 0 Å². The molecule has 1 heterocycles. The molecular weight excluding hydrogens is 284 g/mol. The van der Waals surface area contributed by atoms with E-state index in [0.717, 1.165) is 28.1 Å². The largest absolute Gasteiger partial charge is 0.490 e. The molecule has 0 aromatic heterocycles. The fraction of sp³-hybridized carbons (Fsp3) is 0.562. The number of thioether (sulfide) groups is 1. The number of nitrogens with zero attached hydrogens (tertiary/aromatic N) is 1. The maximum Gasteiger partial charge on any atom is 0.163 e. The van der Waals surface area contributed by atoms with Gasteiger partial charge in [-0.2, -0.15) is 0 Å². The van der Waals surface area contributed by atoms with E-state index in [-0.39, 0.29) is 0 Å². The molecule has 0 bridgehead atoms. The van der Waals surface area contributed by atoms with Gasteiger partial charge in [-0.1, -0.05) is 18.7 Å². The van der Waals surface area contributed by atoms with Crippen LogP contribution in [0, 0.1) is 5.92 Å². The molecule has 1 N–H and O–H groups in total. The number of aliphatic imine (C=N–C) groups is 1. The Labute approximate surface area is 131 Å². The van der Waals surface area contributed by atoms with Crippen LogP contribution in [0.5, 0.6) is 11.5 Å².